The van der Waals surface area contributed by atoms with E-state index in [-0.39, 0.29) is 6.54 Å². The maximum atomic E-state index is 12.5. The molecule has 0 bridgehead atoms. The Balaban J connectivity index is 1.42. The van der Waals surface area contributed by atoms with Crippen LogP contribution in [0.2, 0.25) is 0 Å². The van der Waals surface area contributed by atoms with Crippen LogP contribution in [0.1, 0.15) is 12.0 Å². The van der Waals surface area contributed by atoms with Crippen molar-refractivity contribution in [1.29, 1.82) is 0 Å². The van der Waals surface area contributed by atoms with E-state index in [1.807, 2.05) is 18.2 Å². The van der Waals surface area contributed by atoms with E-state index in [1.165, 1.54) is 17.7 Å². The minimum absolute atomic E-state index is 0.132. The maximum absolute atomic E-state index is 12.5. The van der Waals surface area contributed by atoms with E-state index in [0.29, 0.717) is 13.0 Å². The number of hydrogen-bond acceptors (Lipinski definition) is 5. The maximum Gasteiger partial charge on any atom is 0.573 e. The highest BCUT2D eigenvalue weighted by molar-refractivity contribution is 7.89. The molecular formula is C21H26F3N3O3S. The zero-order valence-electron chi connectivity index (χ0n) is 17.0. The Bertz CT molecular complexity index is 932. The molecule has 2 aromatic carbocycles. The largest absolute Gasteiger partial charge is 0.573 e. The van der Waals surface area contributed by atoms with Crippen molar-refractivity contribution in [3.63, 3.8) is 0 Å². The van der Waals surface area contributed by atoms with Crippen molar-refractivity contribution >= 4 is 10.0 Å². The molecule has 0 atom stereocenters. The Hall–Kier alpha value is -2.14. The molecule has 170 valence electrons. The van der Waals surface area contributed by atoms with E-state index in [4.69, 9.17) is 0 Å². The first-order chi connectivity index (χ1) is 14.7. The third-order valence-corrected chi connectivity index (χ3v) is 6.52. The summed E-state index contributed by atoms with van der Waals surface area (Å²) in [4.78, 5) is 4.12. The summed E-state index contributed by atoms with van der Waals surface area (Å²) in [5, 5.41) is 0. The standard InChI is InChI=1S/C21H26F3N3O3S/c22-21(23,24)30-19-9-4-5-10-20(19)31(28,29)25-11-6-12-26-13-15-27(16-14-26)17-18-7-2-1-3-8-18/h1-5,7-10,25H,6,11-17H2. The third kappa shape index (κ3) is 7.49. The van der Waals surface area contributed by atoms with Gasteiger partial charge in [0.05, 0.1) is 0 Å². The van der Waals surface area contributed by atoms with Gasteiger partial charge in [0.15, 0.2) is 0 Å². The zero-order valence-corrected chi connectivity index (χ0v) is 17.8. The summed E-state index contributed by atoms with van der Waals surface area (Å²) in [6.07, 6.45) is -4.41. The zero-order chi connectivity index (χ0) is 22.3. The molecular weight excluding hydrogens is 431 g/mol. The first kappa shape index (κ1) is 23.5. The van der Waals surface area contributed by atoms with Gasteiger partial charge >= 0.3 is 6.36 Å². The van der Waals surface area contributed by atoms with Gasteiger partial charge in [-0.25, -0.2) is 13.1 Å². The average Bonchev–Trinajstić information content (AvgIpc) is 2.72. The predicted octanol–water partition coefficient (Wildman–Crippen LogP) is 3.07. The Labute approximate surface area is 180 Å². The highest BCUT2D eigenvalue weighted by atomic mass is 32.2. The summed E-state index contributed by atoms with van der Waals surface area (Å²) in [6.45, 7) is 5.40. The normalized spacial score (nSPS) is 16.4. The molecule has 0 unspecified atom stereocenters. The highest BCUT2D eigenvalue weighted by Gasteiger charge is 2.33. The van der Waals surface area contributed by atoms with Gasteiger partial charge in [0, 0.05) is 39.3 Å². The molecule has 1 aliphatic rings. The molecule has 10 heteroatoms. The third-order valence-electron chi connectivity index (χ3n) is 5.02. The molecule has 1 heterocycles. The lowest BCUT2D eigenvalue weighted by molar-refractivity contribution is -0.275. The Morgan fingerprint density at radius 3 is 2.19 bits per heavy atom. The van der Waals surface area contributed by atoms with Crippen LogP contribution in [0.15, 0.2) is 59.5 Å². The molecule has 31 heavy (non-hydrogen) atoms. The van der Waals surface area contributed by atoms with E-state index in [2.05, 4.69) is 31.4 Å². The summed E-state index contributed by atoms with van der Waals surface area (Å²) < 4.78 is 68.6. The fourth-order valence-corrected chi connectivity index (χ4v) is 4.68. The lowest BCUT2D eigenvalue weighted by atomic mass is 10.2. The van der Waals surface area contributed by atoms with Crippen LogP contribution in [0.3, 0.4) is 0 Å². The molecule has 3 rings (SSSR count). The monoisotopic (exact) mass is 457 g/mol. The van der Waals surface area contributed by atoms with Crippen molar-refractivity contribution in [1.82, 2.24) is 14.5 Å². The van der Waals surface area contributed by atoms with Crippen molar-refractivity contribution in [3.05, 3.63) is 60.2 Å². The van der Waals surface area contributed by atoms with Crippen LogP contribution in [0, 0.1) is 0 Å². The number of sulfonamides is 1. The van der Waals surface area contributed by atoms with Crippen molar-refractivity contribution < 1.29 is 26.3 Å². The van der Waals surface area contributed by atoms with Crippen LogP contribution >= 0.6 is 0 Å². The molecule has 1 saturated heterocycles. The van der Waals surface area contributed by atoms with Gasteiger partial charge in [-0.2, -0.15) is 0 Å². The van der Waals surface area contributed by atoms with Crippen molar-refractivity contribution in [3.8, 4) is 5.75 Å². The van der Waals surface area contributed by atoms with Crippen LogP contribution in [-0.4, -0.2) is 63.8 Å². The highest BCUT2D eigenvalue weighted by Crippen LogP contribution is 2.29. The van der Waals surface area contributed by atoms with Gasteiger partial charge < -0.3 is 9.64 Å². The number of nitrogens with one attached hydrogen (secondary N) is 1. The lowest BCUT2D eigenvalue weighted by Gasteiger charge is -2.34. The Morgan fingerprint density at radius 2 is 1.52 bits per heavy atom. The first-order valence-corrected chi connectivity index (χ1v) is 11.5. The second kappa shape index (κ2) is 10.4. The number of halogens is 3. The molecule has 1 aliphatic heterocycles. The SMILES string of the molecule is O=S(=O)(NCCCN1CCN(Cc2ccccc2)CC1)c1ccccc1OC(F)(F)F. The van der Waals surface area contributed by atoms with Gasteiger partial charge in [-0.1, -0.05) is 42.5 Å². The molecule has 2 aromatic rings. The van der Waals surface area contributed by atoms with Gasteiger partial charge in [0.25, 0.3) is 0 Å². The Morgan fingerprint density at radius 1 is 0.903 bits per heavy atom. The second-order valence-corrected chi connectivity index (χ2v) is 9.08. The summed E-state index contributed by atoms with van der Waals surface area (Å²) in [6, 6.07) is 15.0. The van der Waals surface area contributed by atoms with E-state index in [0.717, 1.165) is 44.9 Å². The average molecular weight is 458 g/mol. The minimum Gasteiger partial charge on any atom is -0.404 e. The quantitative estimate of drug-likeness (QED) is 0.587. The van der Waals surface area contributed by atoms with Crippen LogP contribution in [0.25, 0.3) is 0 Å². The summed E-state index contributed by atoms with van der Waals surface area (Å²) >= 11 is 0. The Kier molecular flexibility index (Phi) is 7.93. The van der Waals surface area contributed by atoms with Crippen LogP contribution < -0.4 is 9.46 Å². The second-order valence-electron chi connectivity index (χ2n) is 7.35. The van der Waals surface area contributed by atoms with Crippen molar-refractivity contribution in [2.45, 2.75) is 24.2 Å². The molecule has 0 aliphatic carbocycles. The van der Waals surface area contributed by atoms with E-state index < -0.39 is 27.0 Å². The molecule has 0 spiro atoms. The minimum atomic E-state index is -4.96. The smallest absolute Gasteiger partial charge is 0.404 e. The van der Waals surface area contributed by atoms with Crippen LogP contribution in [0.5, 0.6) is 5.75 Å². The van der Waals surface area contributed by atoms with Gasteiger partial charge in [-0.05, 0) is 30.7 Å². The molecule has 0 amide bonds. The molecule has 6 nitrogen and oxygen atoms in total. The molecule has 1 N–H and O–H groups in total. The fraction of sp³-hybridized carbons (Fsp3) is 0.429. The number of nitrogens with zero attached hydrogens (tertiary/aromatic N) is 2. The number of para-hydroxylation sites is 1. The predicted molar refractivity (Wildman–Crippen MR) is 111 cm³/mol. The van der Waals surface area contributed by atoms with Gasteiger partial charge in [0.1, 0.15) is 10.6 Å². The number of hydrogen-bond donors (Lipinski definition) is 1. The molecule has 0 aromatic heterocycles. The lowest BCUT2D eigenvalue weighted by Crippen LogP contribution is -2.46. The molecule has 1 fully saturated rings. The first-order valence-electron chi connectivity index (χ1n) is 10.1. The number of ether oxygens (including phenoxy) is 1. The summed E-state index contributed by atoms with van der Waals surface area (Å²) in [5.74, 6) is -0.739. The fourth-order valence-electron chi connectivity index (χ4n) is 3.48. The van der Waals surface area contributed by atoms with E-state index >= 15 is 0 Å². The van der Waals surface area contributed by atoms with Crippen molar-refractivity contribution in [2.24, 2.45) is 0 Å². The van der Waals surface area contributed by atoms with Gasteiger partial charge in [-0.15, -0.1) is 13.2 Å². The van der Waals surface area contributed by atoms with Gasteiger partial charge in [-0.3, -0.25) is 4.90 Å². The van der Waals surface area contributed by atoms with Crippen LogP contribution in [-0.2, 0) is 16.6 Å². The van der Waals surface area contributed by atoms with Gasteiger partial charge in [0.2, 0.25) is 10.0 Å². The summed E-state index contributed by atoms with van der Waals surface area (Å²) in [5.41, 5.74) is 1.28. The number of piperazine rings is 1. The van der Waals surface area contributed by atoms with Crippen LogP contribution in [0.4, 0.5) is 13.2 Å². The number of rotatable bonds is 9. The summed E-state index contributed by atoms with van der Waals surface area (Å²) in [7, 11) is -4.11. The van der Waals surface area contributed by atoms with E-state index in [1.54, 1.807) is 0 Å². The van der Waals surface area contributed by atoms with E-state index in [9.17, 15) is 21.6 Å². The molecule has 0 saturated carbocycles. The number of alkyl halides is 3. The number of benzene rings is 2. The van der Waals surface area contributed by atoms with Crippen molar-refractivity contribution in [2.75, 3.05) is 39.3 Å². The molecule has 0 radical (unpaired) electrons. The topological polar surface area (TPSA) is 61.9 Å².